The largest absolute Gasteiger partial charge is 0.456 e. The Balaban J connectivity index is 1.53. The minimum absolute atomic E-state index is 0.0394. The first-order valence-corrected chi connectivity index (χ1v) is 11.5. The molecule has 1 N–H and O–H groups in total. The number of esters is 1. The summed E-state index contributed by atoms with van der Waals surface area (Å²) in [5.41, 5.74) is 0.0394. The van der Waals surface area contributed by atoms with E-state index in [1.54, 1.807) is 9.36 Å². The number of hydrogen-bond donors (Lipinski definition) is 1. The number of aliphatic hydroxyl groups excluding tert-OH is 1. The van der Waals surface area contributed by atoms with E-state index in [2.05, 4.69) is 4.99 Å². The molecule has 1 aromatic heterocycles. The maximum atomic E-state index is 14.5. The molecule has 0 spiro atoms. The van der Waals surface area contributed by atoms with Crippen molar-refractivity contribution in [3.8, 4) is 0 Å². The molecule has 2 aliphatic heterocycles. The number of ether oxygens (including phenoxy) is 2. The second-order valence-electron chi connectivity index (χ2n) is 6.87. The van der Waals surface area contributed by atoms with Crippen LogP contribution in [0.15, 0.2) is 26.8 Å². The normalized spacial score (nSPS) is 21.6. The van der Waals surface area contributed by atoms with Gasteiger partial charge in [0.05, 0.1) is 24.0 Å². The highest BCUT2D eigenvalue weighted by Gasteiger charge is 2.29. The maximum Gasteiger partial charge on any atom is 0.325 e. The lowest BCUT2D eigenvalue weighted by molar-refractivity contribution is -0.149. The van der Waals surface area contributed by atoms with E-state index in [4.69, 9.17) is 21.1 Å². The number of nitrogens with zero attached hydrogens (tertiary/aromatic N) is 3. The van der Waals surface area contributed by atoms with Crippen LogP contribution < -0.4 is 9.67 Å². The summed E-state index contributed by atoms with van der Waals surface area (Å²) in [7, 11) is 0. The number of carbonyl (C=O) groups excluding carboxylic acids is 1. The molecule has 8 nitrogen and oxygen atoms in total. The number of carbonyl (C=O) groups is 1. The molecule has 2 atom stereocenters. The molecule has 1 aromatic carbocycles. The summed E-state index contributed by atoms with van der Waals surface area (Å²) in [6, 6.07) is 2.59. The zero-order chi connectivity index (χ0) is 21.3. The molecule has 162 valence electrons. The quantitative estimate of drug-likeness (QED) is 0.524. The van der Waals surface area contributed by atoms with Crippen molar-refractivity contribution in [2.75, 3.05) is 19.0 Å². The summed E-state index contributed by atoms with van der Waals surface area (Å²) in [5, 5.41) is 9.80. The Labute approximate surface area is 183 Å². The third-order valence-corrected chi connectivity index (χ3v) is 7.06. The molecule has 1 fully saturated rings. The predicted octanol–water partition coefficient (Wildman–Crippen LogP) is 1.93. The van der Waals surface area contributed by atoms with E-state index in [1.165, 1.54) is 6.07 Å². The van der Waals surface area contributed by atoms with E-state index in [0.29, 0.717) is 22.8 Å². The van der Waals surface area contributed by atoms with Crippen LogP contribution in [0.25, 0.3) is 0 Å². The first kappa shape index (κ1) is 21.6. The number of rotatable bonds is 5. The first-order chi connectivity index (χ1) is 14.4. The van der Waals surface area contributed by atoms with Crippen LogP contribution >= 0.6 is 34.7 Å². The van der Waals surface area contributed by atoms with E-state index in [-0.39, 0.29) is 34.5 Å². The van der Waals surface area contributed by atoms with E-state index < -0.39 is 24.0 Å². The number of thioether (sulfide) groups is 1. The van der Waals surface area contributed by atoms with Gasteiger partial charge in [-0.1, -0.05) is 11.6 Å². The Morgan fingerprint density at radius 3 is 2.87 bits per heavy atom. The van der Waals surface area contributed by atoms with Crippen molar-refractivity contribution in [1.29, 1.82) is 0 Å². The molecule has 2 unspecified atom stereocenters. The Kier molecular flexibility index (Phi) is 6.63. The molecule has 30 heavy (non-hydrogen) atoms. The van der Waals surface area contributed by atoms with Gasteiger partial charge in [0, 0.05) is 18.0 Å². The van der Waals surface area contributed by atoms with E-state index in [1.807, 2.05) is 0 Å². The van der Waals surface area contributed by atoms with Crippen LogP contribution in [-0.2, 0) is 27.4 Å². The number of aliphatic hydroxyl groups is 1. The maximum absolute atomic E-state index is 14.5. The number of aromatic nitrogens is 2. The summed E-state index contributed by atoms with van der Waals surface area (Å²) in [4.78, 5) is 29.3. The van der Waals surface area contributed by atoms with Gasteiger partial charge in [0.2, 0.25) is 4.80 Å². The van der Waals surface area contributed by atoms with Gasteiger partial charge in [0.1, 0.15) is 17.6 Å². The van der Waals surface area contributed by atoms with Gasteiger partial charge in [-0.2, -0.15) is 0 Å². The van der Waals surface area contributed by atoms with Crippen LogP contribution in [0.2, 0.25) is 5.02 Å². The van der Waals surface area contributed by atoms with E-state index in [9.17, 15) is 19.1 Å². The molecule has 0 saturated carbocycles. The van der Waals surface area contributed by atoms with E-state index in [0.717, 1.165) is 42.0 Å². The lowest BCUT2D eigenvalue weighted by Gasteiger charge is -2.15. The topological polar surface area (TPSA) is 95.1 Å². The SMILES string of the molecule is O=C(CSc1cc(N=c2sc(=O)n3n2CCCC3)c(F)cc1Cl)OC1COCC1O. The third-order valence-electron chi connectivity index (χ3n) is 4.74. The molecule has 4 rings (SSSR count). The average molecular weight is 476 g/mol. The van der Waals surface area contributed by atoms with Gasteiger partial charge >= 0.3 is 10.8 Å². The van der Waals surface area contributed by atoms with Gasteiger partial charge < -0.3 is 14.6 Å². The lowest BCUT2D eigenvalue weighted by Crippen LogP contribution is -2.31. The third kappa shape index (κ3) is 4.65. The Morgan fingerprint density at radius 1 is 1.37 bits per heavy atom. The lowest BCUT2D eigenvalue weighted by atomic mass is 10.3. The minimum atomic E-state index is -0.836. The standard InChI is InChI=1S/C18H19ClFN3O5S2/c19-10-5-11(20)12(21-17-22-3-1-2-4-23(22)18(26)30-17)6-15(10)29-9-16(25)28-14-8-27-7-13(14)24/h5-6,13-14,24H,1-4,7-9H2. The van der Waals surface area contributed by atoms with Crippen LogP contribution in [-0.4, -0.2) is 51.6 Å². The van der Waals surface area contributed by atoms with Gasteiger partial charge in [-0.25, -0.2) is 14.1 Å². The number of fused-ring (bicyclic) bond motifs is 1. The zero-order valence-corrected chi connectivity index (χ0v) is 18.1. The molecule has 1 saturated heterocycles. The molecular weight excluding hydrogens is 457 g/mol. The summed E-state index contributed by atoms with van der Waals surface area (Å²) < 4.78 is 28.1. The Morgan fingerprint density at radius 2 is 2.13 bits per heavy atom. The fourth-order valence-electron chi connectivity index (χ4n) is 3.21. The molecular formula is C18H19ClFN3O5S2. The second kappa shape index (κ2) is 9.23. The fraction of sp³-hybridized carbons (Fsp3) is 0.500. The molecule has 0 radical (unpaired) electrons. The smallest absolute Gasteiger partial charge is 0.325 e. The summed E-state index contributed by atoms with van der Waals surface area (Å²) in [6.45, 7) is 1.56. The monoisotopic (exact) mass is 475 g/mol. The van der Waals surface area contributed by atoms with Gasteiger partial charge in [-0.05, 0) is 36.3 Å². The molecule has 2 aromatic rings. The highest BCUT2D eigenvalue weighted by Crippen LogP contribution is 2.33. The van der Waals surface area contributed by atoms with Crippen molar-refractivity contribution in [3.63, 3.8) is 0 Å². The molecule has 0 amide bonds. The minimum Gasteiger partial charge on any atom is -0.456 e. The van der Waals surface area contributed by atoms with Crippen LogP contribution in [0.4, 0.5) is 10.1 Å². The number of hydrogen-bond acceptors (Lipinski definition) is 8. The Bertz CT molecular complexity index is 1080. The molecule has 2 aliphatic rings. The fourth-order valence-corrected chi connectivity index (χ4v) is 5.15. The molecule has 12 heteroatoms. The van der Waals surface area contributed by atoms with Crippen LogP contribution in [0.1, 0.15) is 12.8 Å². The summed E-state index contributed by atoms with van der Waals surface area (Å²) >= 11 is 8.18. The molecule has 3 heterocycles. The van der Waals surface area contributed by atoms with Crippen molar-refractivity contribution in [2.45, 2.75) is 43.0 Å². The molecule has 0 aliphatic carbocycles. The van der Waals surface area contributed by atoms with Crippen molar-refractivity contribution < 1.29 is 23.8 Å². The highest BCUT2D eigenvalue weighted by atomic mass is 35.5. The predicted molar refractivity (Wildman–Crippen MR) is 110 cm³/mol. The van der Waals surface area contributed by atoms with Gasteiger partial charge in [0.25, 0.3) is 0 Å². The van der Waals surface area contributed by atoms with Gasteiger partial charge in [-0.3, -0.25) is 14.3 Å². The number of benzene rings is 1. The van der Waals surface area contributed by atoms with Gasteiger partial charge in [-0.15, -0.1) is 11.8 Å². The van der Waals surface area contributed by atoms with Crippen LogP contribution in [0.5, 0.6) is 0 Å². The summed E-state index contributed by atoms with van der Waals surface area (Å²) in [5.74, 6) is -1.23. The zero-order valence-electron chi connectivity index (χ0n) is 15.8. The van der Waals surface area contributed by atoms with Crippen molar-refractivity contribution in [3.05, 3.63) is 37.4 Å². The van der Waals surface area contributed by atoms with Crippen LogP contribution in [0.3, 0.4) is 0 Å². The molecule has 0 bridgehead atoms. The second-order valence-corrected chi connectivity index (χ2v) is 9.21. The highest BCUT2D eigenvalue weighted by molar-refractivity contribution is 8.00. The van der Waals surface area contributed by atoms with Crippen LogP contribution in [0, 0.1) is 5.82 Å². The van der Waals surface area contributed by atoms with Gasteiger partial charge in [0.15, 0.2) is 6.10 Å². The number of halogens is 2. The van der Waals surface area contributed by atoms with Crippen molar-refractivity contribution >= 4 is 46.4 Å². The van der Waals surface area contributed by atoms with E-state index >= 15 is 0 Å². The van der Waals surface area contributed by atoms with Crippen molar-refractivity contribution in [2.24, 2.45) is 4.99 Å². The average Bonchev–Trinajstić information content (AvgIpc) is 3.26. The first-order valence-electron chi connectivity index (χ1n) is 9.35. The summed E-state index contributed by atoms with van der Waals surface area (Å²) in [6.07, 6.45) is 0.327. The Hall–Kier alpha value is -1.66. The van der Waals surface area contributed by atoms with Crippen molar-refractivity contribution in [1.82, 2.24) is 9.36 Å².